The number of hydrogen-bond acceptors (Lipinski definition) is 7. The summed E-state index contributed by atoms with van der Waals surface area (Å²) in [5.41, 5.74) is 1.18. The van der Waals surface area contributed by atoms with Crippen LogP contribution in [0.1, 0.15) is 43.6 Å². The first-order chi connectivity index (χ1) is 15.6. The van der Waals surface area contributed by atoms with Crippen LogP contribution in [0, 0.1) is 0 Å². The summed E-state index contributed by atoms with van der Waals surface area (Å²) in [6, 6.07) is 14.2. The van der Waals surface area contributed by atoms with Gasteiger partial charge >= 0.3 is 18.6 Å². The number of ketones is 1. The molecule has 0 saturated heterocycles. The van der Waals surface area contributed by atoms with Gasteiger partial charge in [-0.2, -0.15) is 0 Å². The van der Waals surface area contributed by atoms with E-state index in [0.29, 0.717) is 61.5 Å². The van der Waals surface area contributed by atoms with E-state index in [9.17, 15) is 4.79 Å². The largest absolute Gasteiger partial charge is 0.492 e. The van der Waals surface area contributed by atoms with Crippen molar-refractivity contribution in [3.63, 3.8) is 0 Å². The summed E-state index contributed by atoms with van der Waals surface area (Å²) in [6.07, 6.45) is 0.847. The summed E-state index contributed by atoms with van der Waals surface area (Å²) in [6.45, 7) is 10.2. The van der Waals surface area contributed by atoms with Crippen LogP contribution in [-0.4, -0.2) is 63.2 Å². The molecule has 0 bridgehead atoms. The first-order valence-corrected chi connectivity index (χ1v) is 14.6. The second-order valence-electron chi connectivity index (χ2n) is 6.68. The Labute approximate surface area is 194 Å². The van der Waals surface area contributed by atoms with Gasteiger partial charge in [0, 0.05) is 37.6 Å². The monoisotopic (exact) mass is 478 g/mol. The van der Waals surface area contributed by atoms with Gasteiger partial charge in [-0.15, -0.1) is 0 Å². The van der Waals surface area contributed by atoms with Crippen molar-refractivity contribution in [2.45, 2.75) is 27.7 Å². The molecule has 0 heterocycles. The van der Waals surface area contributed by atoms with Crippen LogP contribution >= 0.6 is 0 Å². The van der Waals surface area contributed by atoms with Crippen molar-refractivity contribution in [1.82, 2.24) is 0 Å². The minimum absolute atomic E-state index is 0.0603. The topological polar surface area (TPSA) is 72.5 Å². The Morgan fingerprint density at radius 3 is 1.19 bits per heavy atom. The van der Waals surface area contributed by atoms with Crippen molar-refractivity contribution in [3.05, 3.63) is 59.7 Å². The maximum absolute atomic E-state index is 12.8. The predicted molar refractivity (Wildman–Crippen MR) is 128 cm³/mol. The van der Waals surface area contributed by atoms with Crippen LogP contribution in [0.2, 0.25) is 0 Å². The molecule has 0 aliphatic carbocycles. The van der Waals surface area contributed by atoms with Crippen molar-refractivity contribution in [3.8, 4) is 11.5 Å². The van der Waals surface area contributed by atoms with Gasteiger partial charge in [0.05, 0.1) is 0 Å². The minimum Gasteiger partial charge on any atom is -0.492 e. The zero-order chi connectivity index (χ0) is 23.2. The second-order valence-corrected chi connectivity index (χ2v) is 10.4. The Morgan fingerprint density at radius 2 is 0.906 bits per heavy atom. The van der Waals surface area contributed by atoms with Crippen molar-refractivity contribution in [2.24, 2.45) is 0 Å². The zero-order valence-electron chi connectivity index (χ0n) is 19.4. The lowest BCUT2D eigenvalue weighted by atomic mass is 10.0. The molecule has 0 atom stereocenters. The standard InChI is InChI=1S/C23H34O7Si2/c1-5-27-31(28-6-2)17-25-21-13-9-19(10-14-21)23(24)20-11-15-22(16-12-20)26-18-32(29-7-3)30-8-4/h9-16,31-32H,5-8,17-18H2,1-4H3. The molecular formula is C23H34O7Si2. The van der Waals surface area contributed by atoms with Crippen LogP contribution in [0.25, 0.3) is 0 Å². The van der Waals surface area contributed by atoms with Crippen molar-refractivity contribution < 1.29 is 32.0 Å². The average Bonchev–Trinajstić information content (AvgIpc) is 2.82. The fourth-order valence-corrected chi connectivity index (χ4v) is 5.65. The van der Waals surface area contributed by atoms with Crippen molar-refractivity contribution in [1.29, 1.82) is 0 Å². The summed E-state index contributed by atoms with van der Waals surface area (Å²) in [7, 11) is -3.65. The third-order valence-corrected chi connectivity index (χ3v) is 8.11. The van der Waals surface area contributed by atoms with Crippen LogP contribution in [-0.2, 0) is 17.7 Å². The Hall–Kier alpha value is -2.02. The molecule has 7 nitrogen and oxygen atoms in total. The summed E-state index contributed by atoms with van der Waals surface area (Å²) >= 11 is 0. The van der Waals surface area contributed by atoms with Crippen LogP contribution in [0.4, 0.5) is 0 Å². The fraction of sp³-hybridized carbons (Fsp3) is 0.435. The van der Waals surface area contributed by atoms with E-state index < -0.39 is 18.6 Å². The second kappa shape index (κ2) is 14.9. The predicted octanol–water partition coefficient (Wildman–Crippen LogP) is 3.34. The van der Waals surface area contributed by atoms with Crippen molar-refractivity contribution in [2.75, 3.05) is 38.9 Å². The highest BCUT2D eigenvalue weighted by Gasteiger charge is 2.15. The van der Waals surface area contributed by atoms with Crippen LogP contribution in [0.3, 0.4) is 0 Å². The van der Waals surface area contributed by atoms with E-state index in [0.717, 1.165) is 0 Å². The molecule has 2 aromatic rings. The molecule has 0 aliphatic rings. The summed E-state index contributed by atoms with van der Waals surface area (Å²) < 4.78 is 34.0. The summed E-state index contributed by atoms with van der Waals surface area (Å²) in [4.78, 5) is 12.8. The first-order valence-electron chi connectivity index (χ1n) is 11.1. The molecule has 0 aliphatic heterocycles. The SMILES string of the molecule is CCO[SiH](COc1ccc(C(=O)c2ccc(OC[SiH](OCC)OCC)cc2)cc1)OCC. The third-order valence-electron chi connectivity index (χ3n) is 4.42. The number of carbonyl (C=O) groups is 1. The van der Waals surface area contributed by atoms with Crippen LogP contribution in [0.5, 0.6) is 11.5 Å². The van der Waals surface area contributed by atoms with Crippen LogP contribution in [0.15, 0.2) is 48.5 Å². The van der Waals surface area contributed by atoms with E-state index in [1.807, 2.05) is 27.7 Å². The van der Waals surface area contributed by atoms with E-state index in [2.05, 4.69) is 0 Å². The Bertz CT molecular complexity index is 706. The summed E-state index contributed by atoms with van der Waals surface area (Å²) in [5.74, 6) is 1.31. The molecule has 0 N–H and O–H groups in total. The minimum atomic E-state index is -1.83. The molecule has 0 amide bonds. The van der Waals surface area contributed by atoms with Crippen molar-refractivity contribution >= 4 is 24.4 Å². The molecule has 2 rings (SSSR count). The molecule has 0 spiro atoms. The van der Waals surface area contributed by atoms with Gasteiger partial charge in [-0.1, -0.05) is 0 Å². The number of hydrogen-bond donors (Lipinski definition) is 0. The number of rotatable bonds is 16. The molecule has 0 saturated carbocycles. The quantitative estimate of drug-likeness (QED) is 0.271. The lowest BCUT2D eigenvalue weighted by Crippen LogP contribution is -2.31. The van der Waals surface area contributed by atoms with Gasteiger partial charge in [-0.25, -0.2) is 0 Å². The number of carbonyl (C=O) groups excluding carboxylic acids is 1. The van der Waals surface area contributed by atoms with Gasteiger partial charge < -0.3 is 27.2 Å². The number of ether oxygens (including phenoxy) is 2. The molecular weight excluding hydrogens is 444 g/mol. The average molecular weight is 479 g/mol. The maximum atomic E-state index is 12.8. The van der Waals surface area contributed by atoms with E-state index in [4.69, 9.17) is 27.2 Å². The van der Waals surface area contributed by atoms with Gasteiger partial charge in [0.2, 0.25) is 0 Å². The highest BCUT2D eigenvalue weighted by molar-refractivity contribution is 6.44. The molecule has 32 heavy (non-hydrogen) atoms. The fourth-order valence-electron chi connectivity index (χ4n) is 2.93. The first kappa shape index (κ1) is 26.2. The molecule has 176 valence electrons. The van der Waals surface area contributed by atoms with E-state index >= 15 is 0 Å². The molecule has 0 aromatic heterocycles. The Kier molecular flexibility index (Phi) is 12.2. The molecule has 9 heteroatoms. The normalized spacial score (nSPS) is 11.2. The van der Waals surface area contributed by atoms with Gasteiger partial charge in [0.1, 0.15) is 24.0 Å². The third kappa shape index (κ3) is 8.85. The van der Waals surface area contributed by atoms with Crippen LogP contribution < -0.4 is 9.47 Å². The molecule has 0 unspecified atom stereocenters. The highest BCUT2D eigenvalue weighted by atomic mass is 28.3. The van der Waals surface area contributed by atoms with E-state index in [1.54, 1.807) is 48.5 Å². The Balaban J connectivity index is 1.90. The van der Waals surface area contributed by atoms with Gasteiger partial charge in [0.25, 0.3) is 0 Å². The van der Waals surface area contributed by atoms with Gasteiger partial charge in [-0.05, 0) is 76.2 Å². The highest BCUT2D eigenvalue weighted by Crippen LogP contribution is 2.18. The maximum Gasteiger partial charge on any atom is 0.360 e. The zero-order valence-corrected chi connectivity index (χ0v) is 21.7. The molecule has 2 aromatic carbocycles. The molecule has 0 radical (unpaired) electrons. The lowest BCUT2D eigenvalue weighted by molar-refractivity contribution is 0.103. The summed E-state index contributed by atoms with van der Waals surface area (Å²) in [5, 5.41) is 0. The van der Waals surface area contributed by atoms with Gasteiger partial charge in [-0.3, -0.25) is 4.79 Å². The lowest BCUT2D eigenvalue weighted by Gasteiger charge is -2.16. The Morgan fingerprint density at radius 1 is 0.594 bits per heavy atom. The van der Waals surface area contributed by atoms with E-state index in [-0.39, 0.29) is 5.78 Å². The number of benzene rings is 2. The van der Waals surface area contributed by atoms with E-state index in [1.165, 1.54) is 0 Å². The molecule has 0 fully saturated rings. The van der Waals surface area contributed by atoms with Gasteiger partial charge in [0.15, 0.2) is 5.78 Å². The smallest absolute Gasteiger partial charge is 0.360 e.